The van der Waals surface area contributed by atoms with Crippen molar-refractivity contribution in [1.82, 2.24) is 0 Å². The lowest BCUT2D eigenvalue weighted by Gasteiger charge is -2.36. The van der Waals surface area contributed by atoms with E-state index in [2.05, 4.69) is 25.1 Å². The highest BCUT2D eigenvalue weighted by molar-refractivity contribution is 5.39. The van der Waals surface area contributed by atoms with Gasteiger partial charge in [0.25, 0.3) is 0 Å². The molecule has 1 saturated carbocycles. The summed E-state index contributed by atoms with van der Waals surface area (Å²) in [5.74, 6) is 2.87. The predicted octanol–water partition coefficient (Wildman–Crippen LogP) is 5.66. The maximum Gasteiger partial charge on any atom is 0.0991 e. The molecule has 1 fully saturated rings. The van der Waals surface area contributed by atoms with Gasteiger partial charge in [-0.25, -0.2) is 0 Å². The second kappa shape index (κ2) is 7.32. The Morgan fingerprint density at radius 2 is 1.86 bits per heavy atom. The van der Waals surface area contributed by atoms with Crippen LogP contribution in [0.25, 0.3) is 0 Å². The molecule has 118 valence electrons. The summed E-state index contributed by atoms with van der Waals surface area (Å²) in [6.45, 7) is 2.31. The summed E-state index contributed by atoms with van der Waals surface area (Å²) in [6.07, 6.45) is 13.9. The minimum absolute atomic E-state index is 0.827. The zero-order valence-corrected chi connectivity index (χ0v) is 14.0. The molecule has 1 unspecified atom stereocenters. The molecule has 1 aromatic carbocycles. The lowest BCUT2D eigenvalue weighted by Crippen LogP contribution is -2.26. The molecule has 0 bridgehead atoms. The molecule has 0 N–H and O–H groups in total. The van der Waals surface area contributed by atoms with Crippen LogP contribution in [0.5, 0.6) is 0 Å². The largest absolute Gasteiger partial charge is 0.192 e. The fraction of sp³-hybridized carbons (Fsp3) is 0.667. The van der Waals surface area contributed by atoms with Gasteiger partial charge in [-0.05, 0) is 73.1 Å². The molecule has 1 aromatic rings. The normalized spacial score (nSPS) is 27.9. The Labute approximate surface area is 135 Å². The predicted molar refractivity (Wildman–Crippen MR) is 91.6 cm³/mol. The Bertz CT molecular complexity index is 531. The van der Waals surface area contributed by atoms with E-state index in [0.717, 1.165) is 23.3 Å². The molecule has 0 spiro atoms. The van der Waals surface area contributed by atoms with Gasteiger partial charge in [-0.3, -0.25) is 0 Å². The van der Waals surface area contributed by atoms with Crippen LogP contribution in [0.3, 0.4) is 0 Å². The second-order valence-corrected chi connectivity index (χ2v) is 7.52. The van der Waals surface area contributed by atoms with Crippen LogP contribution in [-0.2, 0) is 12.8 Å². The molecule has 2 aliphatic rings. The van der Waals surface area contributed by atoms with E-state index in [1.165, 1.54) is 75.3 Å². The molecule has 0 radical (unpaired) electrons. The van der Waals surface area contributed by atoms with Crippen molar-refractivity contribution < 1.29 is 0 Å². The highest BCUT2D eigenvalue weighted by Crippen LogP contribution is 2.40. The molecule has 0 aromatic heterocycles. The summed E-state index contributed by atoms with van der Waals surface area (Å²) in [7, 11) is 0. The van der Waals surface area contributed by atoms with E-state index in [4.69, 9.17) is 5.26 Å². The zero-order chi connectivity index (χ0) is 15.4. The highest BCUT2D eigenvalue weighted by Gasteiger charge is 2.29. The number of aryl methyl sites for hydroxylation is 1. The smallest absolute Gasteiger partial charge is 0.0991 e. The first-order valence-electron chi connectivity index (χ1n) is 9.32. The molecular formula is C21H29N. The maximum atomic E-state index is 9.03. The van der Waals surface area contributed by atoms with E-state index in [1.54, 1.807) is 0 Å². The van der Waals surface area contributed by atoms with Crippen LogP contribution in [0.1, 0.15) is 75.0 Å². The van der Waals surface area contributed by atoms with Crippen molar-refractivity contribution in [3.63, 3.8) is 0 Å². The fourth-order valence-corrected chi connectivity index (χ4v) is 4.70. The molecule has 1 heteroatoms. The molecule has 0 heterocycles. The lowest BCUT2D eigenvalue weighted by atomic mass is 9.69. The van der Waals surface area contributed by atoms with E-state index in [0.29, 0.717) is 0 Å². The number of hydrogen-bond acceptors (Lipinski definition) is 1. The Balaban J connectivity index is 1.56. The van der Waals surface area contributed by atoms with Gasteiger partial charge in [0.05, 0.1) is 11.6 Å². The van der Waals surface area contributed by atoms with Gasteiger partial charge >= 0.3 is 0 Å². The van der Waals surface area contributed by atoms with Gasteiger partial charge in [-0.1, -0.05) is 45.1 Å². The molecule has 1 nitrogen and oxygen atoms in total. The minimum Gasteiger partial charge on any atom is -0.192 e. The number of nitrogens with zero attached hydrogens (tertiary/aromatic N) is 1. The van der Waals surface area contributed by atoms with Crippen molar-refractivity contribution in [2.24, 2.45) is 17.8 Å². The molecular weight excluding hydrogens is 266 g/mol. The topological polar surface area (TPSA) is 23.8 Å². The van der Waals surface area contributed by atoms with E-state index in [9.17, 15) is 0 Å². The van der Waals surface area contributed by atoms with Crippen LogP contribution in [0.4, 0.5) is 0 Å². The third kappa shape index (κ3) is 3.54. The van der Waals surface area contributed by atoms with Crippen LogP contribution in [0, 0.1) is 29.1 Å². The van der Waals surface area contributed by atoms with Crippen molar-refractivity contribution in [1.29, 1.82) is 5.26 Å². The molecule has 0 aliphatic heterocycles. The SMILES string of the molecule is CCCCC1CCC(C2CCc3cc(C#N)ccc3C2)CC1. The van der Waals surface area contributed by atoms with Gasteiger partial charge < -0.3 is 0 Å². The van der Waals surface area contributed by atoms with Gasteiger partial charge in [0.15, 0.2) is 0 Å². The van der Waals surface area contributed by atoms with Crippen LogP contribution >= 0.6 is 0 Å². The zero-order valence-electron chi connectivity index (χ0n) is 14.0. The molecule has 0 amide bonds. The molecule has 2 aliphatic carbocycles. The van der Waals surface area contributed by atoms with E-state index in [1.807, 2.05) is 6.07 Å². The highest BCUT2D eigenvalue weighted by atomic mass is 14.3. The summed E-state index contributed by atoms with van der Waals surface area (Å²) in [4.78, 5) is 0. The molecule has 1 atom stereocenters. The number of benzene rings is 1. The van der Waals surface area contributed by atoms with Crippen LogP contribution < -0.4 is 0 Å². The fourth-order valence-electron chi connectivity index (χ4n) is 4.70. The first kappa shape index (κ1) is 15.6. The molecule has 3 rings (SSSR count). The van der Waals surface area contributed by atoms with Crippen molar-refractivity contribution >= 4 is 0 Å². The molecule has 22 heavy (non-hydrogen) atoms. The van der Waals surface area contributed by atoms with Crippen molar-refractivity contribution in [2.45, 2.75) is 71.1 Å². The average molecular weight is 295 g/mol. The third-order valence-electron chi connectivity index (χ3n) is 6.13. The van der Waals surface area contributed by atoms with Gasteiger partial charge in [0.1, 0.15) is 0 Å². The van der Waals surface area contributed by atoms with Crippen molar-refractivity contribution in [3.05, 3.63) is 34.9 Å². The summed E-state index contributed by atoms with van der Waals surface area (Å²) in [6, 6.07) is 8.61. The molecule has 0 saturated heterocycles. The average Bonchev–Trinajstić information content (AvgIpc) is 2.59. The third-order valence-corrected chi connectivity index (χ3v) is 6.13. The number of rotatable bonds is 4. The van der Waals surface area contributed by atoms with Gasteiger partial charge in [0, 0.05) is 0 Å². The van der Waals surface area contributed by atoms with Crippen LogP contribution in [-0.4, -0.2) is 0 Å². The van der Waals surface area contributed by atoms with E-state index >= 15 is 0 Å². The maximum absolute atomic E-state index is 9.03. The standard InChI is InChI=1S/C21H29N/c1-2-3-4-16-5-8-18(9-6-16)20-12-11-19-13-17(15-22)7-10-21(19)14-20/h7,10,13,16,18,20H,2-6,8-9,11-12,14H2,1H3. The first-order valence-corrected chi connectivity index (χ1v) is 9.32. The quantitative estimate of drug-likeness (QED) is 0.703. The van der Waals surface area contributed by atoms with Gasteiger partial charge in [-0.15, -0.1) is 0 Å². The summed E-state index contributed by atoms with van der Waals surface area (Å²) in [5, 5.41) is 9.03. The summed E-state index contributed by atoms with van der Waals surface area (Å²) < 4.78 is 0. The number of nitriles is 1. The second-order valence-electron chi connectivity index (χ2n) is 7.52. The van der Waals surface area contributed by atoms with Gasteiger partial charge in [-0.2, -0.15) is 5.26 Å². The Morgan fingerprint density at radius 1 is 1.05 bits per heavy atom. The monoisotopic (exact) mass is 295 g/mol. The van der Waals surface area contributed by atoms with E-state index < -0.39 is 0 Å². The van der Waals surface area contributed by atoms with Gasteiger partial charge in [0.2, 0.25) is 0 Å². The summed E-state index contributed by atoms with van der Waals surface area (Å²) >= 11 is 0. The Morgan fingerprint density at radius 3 is 2.59 bits per heavy atom. The van der Waals surface area contributed by atoms with Crippen molar-refractivity contribution in [2.75, 3.05) is 0 Å². The van der Waals surface area contributed by atoms with E-state index in [-0.39, 0.29) is 0 Å². The number of fused-ring (bicyclic) bond motifs is 1. The first-order chi connectivity index (χ1) is 10.8. The number of hydrogen-bond donors (Lipinski definition) is 0. The Hall–Kier alpha value is -1.29. The lowest BCUT2D eigenvalue weighted by molar-refractivity contribution is 0.183. The Kier molecular flexibility index (Phi) is 5.19. The summed E-state index contributed by atoms with van der Waals surface area (Å²) in [5.41, 5.74) is 3.78. The van der Waals surface area contributed by atoms with Crippen LogP contribution in [0.15, 0.2) is 18.2 Å². The number of unbranched alkanes of at least 4 members (excludes halogenated alkanes) is 1. The van der Waals surface area contributed by atoms with Crippen LogP contribution in [0.2, 0.25) is 0 Å². The van der Waals surface area contributed by atoms with Crippen molar-refractivity contribution in [3.8, 4) is 6.07 Å². The minimum atomic E-state index is 0.827.